The van der Waals surface area contributed by atoms with Crippen molar-refractivity contribution < 1.29 is 19.1 Å². The van der Waals surface area contributed by atoms with E-state index in [9.17, 15) is 14.0 Å². The minimum Gasteiger partial charge on any atom is -0.478 e. The van der Waals surface area contributed by atoms with Crippen molar-refractivity contribution in [2.45, 2.75) is 20.3 Å². The predicted molar refractivity (Wildman–Crippen MR) is 61.5 cm³/mol. The molecule has 17 heavy (non-hydrogen) atoms. The molecule has 1 aromatic rings. The number of carboxylic acids is 1. The van der Waals surface area contributed by atoms with Gasteiger partial charge in [0.25, 0.3) is 0 Å². The lowest BCUT2D eigenvalue weighted by Gasteiger charge is -1.93. The highest BCUT2D eigenvalue weighted by molar-refractivity contribution is 5.89. The number of halogens is 1. The summed E-state index contributed by atoms with van der Waals surface area (Å²) >= 11 is 0. The number of amides is 1. The van der Waals surface area contributed by atoms with E-state index in [-0.39, 0.29) is 23.8 Å². The van der Waals surface area contributed by atoms with Crippen LogP contribution in [0.15, 0.2) is 12.4 Å². The quantitative estimate of drug-likeness (QED) is 0.745. The number of hydrogen-bond donors (Lipinski definition) is 3. The number of carbonyl (C=O) groups is 2. The number of nitrogens with two attached hydrogens (primary N) is 1. The number of carboxylic acid groups (broad SMARTS) is 1. The summed E-state index contributed by atoms with van der Waals surface area (Å²) in [7, 11) is 0. The van der Waals surface area contributed by atoms with E-state index in [4.69, 9.17) is 10.8 Å². The Morgan fingerprint density at radius 1 is 1.47 bits per heavy atom. The maximum Gasteiger partial charge on any atom is 0.337 e. The summed E-state index contributed by atoms with van der Waals surface area (Å²) < 4.78 is 11.8. The second-order valence-corrected chi connectivity index (χ2v) is 3.70. The van der Waals surface area contributed by atoms with Crippen molar-refractivity contribution >= 4 is 11.9 Å². The Morgan fingerprint density at radius 2 is 2.00 bits per heavy atom. The minimum absolute atomic E-state index is 0.00926. The van der Waals surface area contributed by atoms with Crippen molar-refractivity contribution in [3.05, 3.63) is 23.5 Å². The smallest absolute Gasteiger partial charge is 0.337 e. The zero-order chi connectivity index (χ0) is 13.4. The van der Waals surface area contributed by atoms with Crippen LogP contribution in [0.2, 0.25) is 0 Å². The van der Waals surface area contributed by atoms with E-state index in [1.165, 1.54) is 12.4 Å². The zero-order valence-corrected chi connectivity index (χ0v) is 9.87. The van der Waals surface area contributed by atoms with Crippen molar-refractivity contribution in [1.29, 1.82) is 0 Å². The largest absolute Gasteiger partial charge is 0.478 e. The van der Waals surface area contributed by atoms with Gasteiger partial charge in [-0.25, -0.2) is 4.79 Å². The van der Waals surface area contributed by atoms with Crippen LogP contribution >= 0.6 is 0 Å². The molecule has 0 aliphatic heterocycles. The van der Waals surface area contributed by atoms with Crippen molar-refractivity contribution in [2.24, 2.45) is 11.7 Å². The average molecular weight is 244 g/mol. The van der Waals surface area contributed by atoms with Crippen LogP contribution in [0.3, 0.4) is 0 Å². The van der Waals surface area contributed by atoms with Crippen LogP contribution in [0.5, 0.6) is 0 Å². The Bertz CT molecular complexity index is 375. The molecular weight excluding hydrogens is 227 g/mol. The van der Waals surface area contributed by atoms with Crippen molar-refractivity contribution in [3.8, 4) is 0 Å². The first-order valence-corrected chi connectivity index (χ1v) is 5.14. The number of hydrogen-bond acceptors (Lipinski definition) is 2. The molecule has 0 fully saturated rings. The van der Waals surface area contributed by atoms with Crippen LogP contribution in [-0.4, -0.2) is 28.6 Å². The highest BCUT2D eigenvalue weighted by atomic mass is 19.1. The van der Waals surface area contributed by atoms with Crippen LogP contribution in [0.1, 0.15) is 29.8 Å². The van der Waals surface area contributed by atoms with Gasteiger partial charge >= 0.3 is 5.97 Å². The first kappa shape index (κ1) is 15.2. The third kappa shape index (κ3) is 5.70. The highest BCUT2D eigenvalue weighted by Crippen LogP contribution is 2.08. The molecule has 0 atom stereocenters. The third-order valence-corrected chi connectivity index (χ3v) is 1.99. The number of alkyl halides is 1. The molecule has 5 nitrogen and oxygen atoms in total. The molecule has 96 valence electrons. The molecule has 0 unspecified atom stereocenters. The Hall–Kier alpha value is -1.85. The van der Waals surface area contributed by atoms with Gasteiger partial charge in [-0.05, 0) is 5.56 Å². The summed E-state index contributed by atoms with van der Waals surface area (Å²) in [5.41, 5.74) is 5.47. The fraction of sp³-hybridized carbons (Fsp3) is 0.455. The molecule has 0 aromatic carbocycles. The fourth-order valence-electron chi connectivity index (χ4n) is 0.904. The van der Waals surface area contributed by atoms with Crippen LogP contribution < -0.4 is 5.73 Å². The number of aryl methyl sites for hydroxylation is 1. The van der Waals surface area contributed by atoms with Crippen molar-refractivity contribution in [2.75, 3.05) is 6.67 Å². The topological polar surface area (TPSA) is 96.2 Å². The second kappa shape index (κ2) is 7.43. The number of nitrogens with one attached hydrogen (secondary N) is 1. The van der Waals surface area contributed by atoms with E-state index in [1.54, 1.807) is 13.8 Å². The van der Waals surface area contributed by atoms with Gasteiger partial charge in [0.15, 0.2) is 0 Å². The molecule has 0 bridgehead atoms. The number of aromatic carboxylic acids is 1. The van der Waals surface area contributed by atoms with E-state index < -0.39 is 12.6 Å². The lowest BCUT2D eigenvalue weighted by Crippen LogP contribution is -2.17. The molecule has 0 aliphatic rings. The van der Waals surface area contributed by atoms with E-state index in [2.05, 4.69) is 4.98 Å². The maximum atomic E-state index is 11.8. The van der Waals surface area contributed by atoms with Crippen molar-refractivity contribution in [1.82, 2.24) is 4.98 Å². The molecule has 6 heteroatoms. The molecule has 4 N–H and O–H groups in total. The summed E-state index contributed by atoms with van der Waals surface area (Å²) in [4.78, 5) is 23.0. The number of primary amides is 1. The lowest BCUT2D eigenvalue weighted by molar-refractivity contribution is -0.120. The second-order valence-electron chi connectivity index (χ2n) is 3.70. The summed E-state index contributed by atoms with van der Waals surface area (Å²) in [6, 6.07) is 0. The van der Waals surface area contributed by atoms with E-state index in [0.717, 1.165) is 0 Å². The Kier molecular flexibility index (Phi) is 6.62. The molecule has 0 radical (unpaired) electrons. The minimum atomic E-state index is -1.02. The number of aromatic nitrogens is 1. The predicted octanol–water partition coefficient (Wildman–Crippen LogP) is 1.35. The zero-order valence-electron chi connectivity index (χ0n) is 9.87. The SMILES string of the molecule is CC(C)C(N)=O.O=C(O)c1c[nH]cc1CCF. The number of rotatable bonds is 4. The standard InChI is InChI=1S/C7H8FNO2.C4H9NO/c8-2-1-5-3-9-4-6(5)7(10)11;1-3(2)4(5)6/h3-4,9H,1-2H2,(H,10,11);3H,1-2H3,(H2,5,6). The van der Waals surface area contributed by atoms with Gasteiger partial charge < -0.3 is 15.8 Å². The maximum absolute atomic E-state index is 11.8. The van der Waals surface area contributed by atoms with E-state index in [0.29, 0.717) is 5.56 Å². The Morgan fingerprint density at radius 3 is 2.35 bits per heavy atom. The van der Waals surface area contributed by atoms with Gasteiger partial charge in [0.05, 0.1) is 12.2 Å². The number of aromatic amines is 1. The van der Waals surface area contributed by atoms with Crippen LogP contribution in [0.25, 0.3) is 0 Å². The molecule has 1 amide bonds. The normalized spacial score (nSPS) is 9.65. The summed E-state index contributed by atoms with van der Waals surface area (Å²) in [6.45, 7) is 3.00. The lowest BCUT2D eigenvalue weighted by atomic mass is 10.1. The number of carbonyl (C=O) groups excluding carboxylic acids is 1. The van der Waals surface area contributed by atoms with E-state index >= 15 is 0 Å². The first-order valence-electron chi connectivity index (χ1n) is 5.14. The van der Waals surface area contributed by atoms with Crippen LogP contribution in [-0.2, 0) is 11.2 Å². The summed E-state index contributed by atoms with van der Waals surface area (Å²) in [5, 5.41) is 8.54. The van der Waals surface area contributed by atoms with Gasteiger partial charge in [-0.15, -0.1) is 0 Å². The summed E-state index contributed by atoms with van der Waals surface area (Å²) in [5.74, 6) is -1.27. The Labute approximate surface area is 98.8 Å². The van der Waals surface area contributed by atoms with Gasteiger partial charge in [-0.3, -0.25) is 9.18 Å². The number of H-pyrrole nitrogens is 1. The van der Waals surface area contributed by atoms with Crippen LogP contribution in [0.4, 0.5) is 4.39 Å². The molecule has 1 rings (SSSR count). The molecule has 0 aliphatic carbocycles. The van der Waals surface area contributed by atoms with Gasteiger partial charge in [0.2, 0.25) is 5.91 Å². The monoisotopic (exact) mass is 244 g/mol. The van der Waals surface area contributed by atoms with Gasteiger partial charge in [0.1, 0.15) is 0 Å². The molecule has 0 saturated heterocycles. The average Bonchev–Trinajstić information content (AvgIpc) is 2.67. The highest BCUT2D eigenvalue weighted by Gasteiger charge is 2.09. The summed E-state index contributed by atoms with van der Waals surface area (Å²) in [6.07, 6.45) is 3.02. The first-order chi connectivity index (χ1) is 7.90. The Balaban J connectivity index is 0.000000366. The molecular formula is C11H17FN2O3. The van der Waals surface area contributed by atoms with Gasteiger partial charge in [-0.1, -0.05) is 13.8 Å². The van der Waals surface area contributed by atoms with Gasteiger partial charge in [0, 0.05) is 24.7 Å². The van der Waals surface area contributed by atoms with Crippen molar-refractivity contribution in [3.63, 3.8) is 0 Å². The van der Waals surface area contributed by atoms with Gasteiger partial charge in [-0.2, -0.15) is 0 Å². The molecule has 1 heterocycles. The van der Waals surface area contributed by atoms with Crippen LogP contribution in [0, 0.1) is 5.92 Å². The molecule has 1 aromatic heterocycles. The van der Waals surface area contributed by atoms with E-state index in [1.807, 2.05) is 0 Å². The fourth-order valence-corrected chi connectivity index (χ4v) is 0.904. The third-order valence-electron chi connectivity index (χ3n) is 1.99. The molecule has 0 spiro atoms. The molecule has 0 saturated carbocycles.